The van der Waals surface area contributed by atoms with Gasteiger partial charge in [-0.05, 0) is 18.4 Å². The van der Waals surface area contributed by atoms with Crippen molar-refractivity contribution in [1.82, 2.24) is 10.6 Å². The van der Waals surface area contributed by atoms with Gasteiger partial charge in [-0.1, -0.05) is 43.2 Å². The molecule has 0 saturated heterocycles. The molecule has 0 unspecified atom stereocenters. The highest BCUT2D eigenvalue weighted by molar-refractivity contribution is 5.82. The molecule has 1 aromatic rings. The van der Waals surface area contributed by atoms with Crippen molar-refractivity contribution >= 4 is 5.96 Å². The lowest BCUT2D eigenvalue weighted by molar-refractivity contribution is 0.384. The molecule has 2 N–H and O–H groups in total. The molecule has 2 atom stereocenters. The molecular weight excluding hydrogens is 210 g/mol. The van der Waals surface area contributed by atoms with Gasteiger partial charge in [0, 0.05) is 6.54 Å². The van der Waals surface area contributed by atoms with Crippen molar-refractivity contribution < 1.29 is 0 Å². The fraction of sp³-hybridized carbons (Fsp3) is 0.500. The van der Waals surface area contributed by atoms with Crippen molar-refractivity contribution in [3.63, 3.8) is 0 Å². The van der Waals surface area contributed by atoms with Gasteiger partial charge >= 0.3 is 0 Å². The fourth-order valence-corrected chi connectivity index (χ4v) is 2.69. The number of aliphatic imine (C=N–C) groups is 1. The molecule has 0 bridgehead atoms. The number of hydrogen-bond acceptors (Lipinski definition) is 3. The van der Waals surface area contributed by atoms with E-state index in [0.717, 1.165) is 12.5 Å². The Labute approximate surface area is 102 Å². The first kappa shape index (κ1) is 10.6. The average molecular weight is 229 g/mol. The second-order valence-corrected chi connectivity index (χ2v) is 4.92. The third-order valence-corrected chi connectivity index (χ3v) is 3.65. The molecule has 0 aromatic heterocycles. The van der Waals surface area contributed by atoms with E-state index in [0.29, 0.717) is 12.1 Å². The number of guanidine groups is 1. The van der Waals surface area contributed by atoms with Gasteiger partial charge in [-0.25, -0.2) is 4.99 Å². The molecule has 3 nitrogen and oxygen atoms in total. The first-order valence-electron chi connectivity index (χ1n) is 6.54. The van der Waals surface area contributed by atoms with E-state index in [1.54, 1.807) is 0 Å². The van der Waals surface area contributed by atoms with Gasteiger partial charge in [-0.2, -0.15) is 0 Å². The Hall–Kier alpha value is -1.51. The van der Waals surface area contributed by atoms with E-state index in [1.165, 1.54) is 31.2 Å². The monoisotopic (exact) mass is 229 g/mol. The van der Waals surface area contributed by atoms with Gasteiger partial charge in [0.25, 0.3) is 0 Å². The van der Waals surface area contributed by atoms with Crippen LogP contribution in [0.25, 0.3) is 0 Å². The zero-order chi connectivity index (χ0) is 11.5. The largest absolute Gasteiger partial charge is 0.352 e. The summed E-state index contributed by atoms with van der Waals surface area (Å²) in [6.07, 6.45) is 5.19. The zero-order valence-electron chi connectivity index (χ0n) is 10.0. The summed E-state index contributed by atoms with van der Waals surface area (Å²) in [5.74, 6) is 0.991. The molecule has 1 aliphatic carbocycles. The summed E-state index contributed by atoms with van der Waals surface area (Å²) in [5, 5.41) is 6.90. The maximum atomic E-state index is 4.72. The van der Waals surface area contributed by atoms with Crippen LogP contribution in [0.15, 0.2) is 35.3 Å². The molecule has 0 radical (unpaired) electrons. The number of nitrogens with zero attached hydrogens (tertiary/aromatic N) is 1. The maximum Gasteiger partial charge on any atom is 0.192 e. The Morgan fingerprint density at radius 1 is 1.18 bits per heavy atom. The quantitative estimate of drug-likeness (QED) is 0.814. The van der Waals surface area contributed by atoms with E-state index in [2.05, 4.69) is 34.9 Å². The van der Waals surface area contributed by atoms with Gasteiger partial charge in [0.15, 0.2) is 5.96 Å². The smallest absolute Gasteiger partial charge is 0.192 e. The first-order valence-corrected chi connectivity index (χ1v) is 6.54. The van der Waals surface area contributed by atoms with Gasteiger partial charge in [0.1, 0.15) is 0 Å². The highest BCUT2D eigenvalue weighted by Gasteiger charge is 2.30. The number of benzene rings is 1. The Bertz CT molecular complexity index is 399. The van der Waals surface area contributed by atoms with Crippen LogP contribution in [0.3, 0.4) is 0 Å². The van der Waals surface area contributed by atoms with Gasteiger partial charge in [0.2, 0.25) is 0 Å². The molecule has 3 rings (SSSR count). The van der Waals surface area contributed by atoms with Crippen LogP contribution in [0.4, 0.5) is 0 Å². The van der Waals surface area contributed by atoms with Crippen LogP contribution in [-0.4, -0.2) is 18.0 Å². The standard InChI is InChI=1S/C14H19N3/c1-2-6-11(7-3-1)10-15-14-16-12-8-4-5-9-13(12)17-14/h1-3,6-7,12-13H,4-5,8-10H2,(H2,15,16,17)/t12-,13-/m1/s1. The molecule has 1 heterocycles. The fourth-order valence-electron chi connectivity index (χ4n) is 2.69. The van der Waals surface area contributed by atoms with Gasteiger partial charge < -0.3 is 10.6 Å². The Morgan fingerprint density at radius 2 is 2.00 bits per heavy atom. The summed E-state index contributed by atoms with van der Waals surface area (Å²) in [6.45, 7) is 0.853. The van der Waals surface area contributed by atoms with Crippen LogP contribution in [0.2, 0.25) is 0 Å². The maximum absolute atomic E-state index is 4.72. The molecule has 90 valence electrons. The molecule has 2 aliphatic rings. The summed E-state index contributed by atoms with van der Waals surface area (Å²) in [4.78, 5) is 4.72. The number of hydrogen-bond donors (Lipinski definition) is 2. The van der Waals surface area contributed by atoms with Crippen molar-refractivity contribution in [3.8, 4) is 0 Å². The molecule has 1 saturated carbocycles. The minimum absolute atomic E-state index is 0.516. The Morgan fingerprint density at radius 3 is 2.82 bits per heavy atom. The van der Waals surface area contributed by atoms with Gasteiger partial charge in [-0.15, -0.1) is 0 Å². The molecular formula is C14H19N3. The molecule has 17 heavy (non-hydrogen) atoms. The molecule has 1 aliphatic heterocycles. The van der Waals surface area contributed by atoms with E-state index in [9.17, 15) is 0 Å². The van der Waals surface area contributed by atoms with Crippen molar-refractivity contribution in [1.29, 1.82) is 0 Å². The van der Waals surface area contributed by atoms with E-state index in [-0.39, 0.29) is 0 Å². The second kappa shape index (κ2) is 4.78. The van der Waals surface area contributed by atoms with Crippen molar-refractivity contribution in [2.45, 2.75) is 44.3 Å². The molecule has 1 aromatic carbocycles. The summed E-state index contributed by atoms with van der Waals surface area (Å²) in [5.41, 5.74) is 1.30. The minimum Gasteiger partial charge on any atom is -0.352 e. The van der Waals surface area contributed by atoms with E-state index < -0.39 is 0 Å². The average Bonchev–Trinajstić information content (AvgIpc) is 2.80. The lowest BCUT2D eigenvalue weighted by Gasteiger charge is -2.23. The summed E-state index contributed by atoms with van der Waals surface area (Å²) in [6, 6.07) is 11.6. The first-order chi connectivity index (χ1) is 8.42. The normalized spacial score (nSPS) is 26.9. The third kappa shape index (κ3) is 2.43. The lowest BCUT2D eigenvalue weighted by Crippen LogP contribution is -2.41. The molecule has 1 fully saturated rings. The third-order valence-electron chi connectivity index (χ3n) is 3.65. The summed E-state index contributed by atoms with van der Waals surface area (Å²) < 4.78 is 0. The predicted molar refractivity (Wildman–Crippen MR) is 69.9 cm³/mol. The van der Waals surface area contributed by atoms with Crippen LogP contribution in [0.5, 0.6) is 0 Å². The van der Waals surface area contributed by atoms with Crippen molar-refractivity contribution in [2.75, 3.05) is 0 Å². The lowest BCUT2D eigenvalue weighted by atomic mass is 9.92. The van der Waals surface area contributed by atoms with Crippen LogP contribution in [-0.2, 0) is 6.54 Å². The number of rotatable bonds is 2. The highest BCUT2D eigenvalue weighted by Crippen LogP contribution is 2.24. The predicted octanol–water partition coefficient (Wildman–Crippen LogP) is 2.05. The minimum atomic E-state index is 0.516. The Kier molecular flexibility index (Phi) is 2.99. The van der Waals surface area contributed by atoms with Crippen LogP contribution < -0.4 is 10.6 Å². The van der Waals surface area contributed by atoms with E-state index in [4.69, 9.17) is 4.99 Å². The van der Waals surface area contributed by atoms with Gasteiger partial charge in [-0.3, -0.25) is 0 Å². The van der Waals surface area contributed by atoms with E-state index >= 15 is 0 Å². The Balaban J connectivity index is 1.56. The second-order valence-electron chi connectivity index (χ2n) is 4.92. The van der Waals surface area contributed by atoms with Crippen LogP contribution in [0.1, 0.15) is 31.2 Å². The highest BCUT2D eigenvalue weighted by atomic mass is 15.3. The number of nitrogens with one attached hydrogen (secondary N) is 2. The van der Waals surface area contributed by atoms with Crippen molar-refractivity contribution in [3.05, 3.63) is 35.9 Å². The van der Waals surface area contributed by atoms with Crippen LogP contribution >= 0.6 is 0 Å². The number of fused-ring (bicyclic) bond motifs is 1. The van der Waals surface area contributed by atoms with E-state index in [1.807, 2.05) is 6.07 Å². The van der Waals surface area contributed by atoms with Crippen molar-refractivity contribution in [2.24, 2.45) is 4.99 Å². The SMILES string of the molecule is c1ccc(CNC2=N[C@@H]3CCCC[C@H]3N2)cc1. The molecule has 0 amide bonds. The zero-order valence-corrected chi connectivity index (χ0v) is 10.0. The van der Waals surface area contributed by atoms with Gasteiger partial charge in [0.05, 0.1) is 12.1 Å². The van der Waals surface area contributed by atoms with Crippen LogP contribution in [0, 0.1) is 0 Å². The molecule has 3 heteroatoms. The summed E-state index contributed by atoms with van der Waals surface area (Å²) in [7, 11) is 0. The topological polar surface area (TPSA) is 36.4 Å². The summed E-state index contributed by atoms with van der Waals surface area (Å²) >= 11 is 0. The molecule has 0 spiro atoms.